The Morgan fingerprint density at radius 2 is 2.17 bits per heavy atom. The fourth-order valence-electron chi connectivity index (χ4n) is 2.46. The lowest BCUT2D eigenvalue weighted by molar-refractivity contribution is 0.169. The van der Waals surface area contributed by atoms with Gasteiger partial charge in [-0.3, -0.25) is 0 Å². The largest absolute Gasteiger partial charge is 0.465 e. The highest BCUT2D eigenvalue weighted by molar-refractivity contribution is 5.19. The van der Waals surface area contributed by atoms with E-state index in [1.54, 1.807) is 12.3 Å². The maximum Gasteiger partial charge on any atom is 0.284 e. The van der Waals surface area contributed by atoms with Crippen LogP contribution in [0.3, 0.4) is 0 Å². The standard InChI is InChI=1S/C14H23NO3/c15-7-6-13(16)12-8-14(18-10-12)17-9-11-4-2-1-3-5-11/h8,10-11,13,16H,1-7,9,15H2. The molecule has 1 fully saturated rings. The molecule has 4 nitrogen and oxygen atoms in total. The first-order valence-electron chi connectivity index (χ1n) is 6.89. The highest BCUT2D eigenvalue weighted by atomic mass is 16.6. The van der Waals surface area contributed by atoms with Gasteiger partial charge in [-0.1, -0.05) is 19.3 Å². The Morgan fingerprint density at radius 3 is 2.89 bits per heavy atom. The number of ether oxygens (including phenoxy) is 1. The summed E-state index contributed by atoms with van der Waals surface area (Å²) in [6.45, 7) is 1.19. The predicted molar refractivity (Wildman–Crippen MR) is 69.4 cm³/mol. The van der Waals surface area contributed by atoms with Crippen LogP contribution in [0, 0.1) is 5.92 Å². The van der Waals surface area contributed by atoms with E-state index in [1.165, 1.54) is 32.1 Å². The molecule has 1 saturated carbocycles. The second-order valence-electron chi connectivity index (χ2n) is 5.11. The van der Waals surface area contributed by atoms with E-state index in [4.69, 9.17) is 14.9 Å². The van der Waals surface area contributed by atoms with Gasteiger partial charge in [0.2, 0.25) is 0 Å². The summed E-state index contributed by atoms with van der Waals surface area (Å²) >= 11 is 0. The highest BCUT2D eigenvalue weighted by Gasteiger charge is 2.16. The van der Waals surface area contributed by atoms with Gasteiger partial charge in [0.05, 0.1) is 12.7 Å². The molecule has 0 spiro atoms. The Morgan fingerprint density at radius 1 is 1.39 bits per heavy atom. The molecule has 102 valence electrons. The molecule has 1 aliphatic carbocycles. The van der Waals surface area contributed by atoms with Crippen molar-refractivity contribution in [1.82, 2.24) is 0 Å². The fourth-order valence-corrected chi connectivity index (χ4v) is 2.46. The highest BCUT2D eigenvalue weighted by Crippen LogP contribution is 2.27. The van der Waals surface area contributed by atoms with Gasteiger partial charge in [-0.05, 0) is 31.7 Å². The molecule has 1 aromatic heterocycles. The van der Waals surface area contributed by atoms with Gasteiger partial charge in [-0.2, -0.15) is 0 Å². The summed E-state index contributed by atoms with van der Waals surface area (Å²) in [4.78, 5) is 0. The van der Waals surface area contributed by atoms with E-state index < -0.39 is 6.10 Å². The number of aliphatic hydroxyl groups excluding tert-OH is 1. The number of furan rings is 1. The molecule has 0 amide bonds. The van der Waals surface area contributed by atoms with Crippen molar-refractivity contribution < 1.29 is 14.3 Å². The van der Waals surface area contributed by atoms with Gasteiger partial charge in [0, 0.05) is 11.6 Å². The van der Waals surface area contributed by atoms with Crippen LogP contribution in [0.25, 0.3) is 0 Å². The number of rotatable bonds is 6. The normalized spacial score (nSPS) is 18.8. The second kappa shape index (κ2) is 6.81. The van der Waals surface area contributed by atoms with E-state index in [1.807, 2.05) is 0 Å². The lowest BCUT2D eigenvalue weighted by atomic mass is 9.90. The van der Waals surface area contributed by atoms with Gasteiger partial charge >= 0.3 is 0 Å². The van der Waals surface area contributed by atoms with Crippen molar-refractivity contribution in [3.8, 4) is 5.95 Å². The van der Waals surface area contributed by atoms with Crippen molar-refractivity contribution in [1.29, 1.82) is 0 Å². The topological polar surface area (TPSA) is 68.6 Å². The number of hydrogen-bond donors (Lipinski definition) is 2. The van der Waals surface area contributed by atoms with Crippen LogP contribution < -0.4 is 10.5 Å². The summed E-state index contributed by atoms with van der Waals surface area (Å²) in [6, 6.07) is 1.77. The van der Waals surface area contributed by atoms with Crippen molar-refractivity contribution in [2.75, 3.05) is 13.2 Å². The predicted octanol–water partition coefficient (Wildman–Crippen LogP) is 2.62. The zero-order chi connectivity index (χ0) is 12.8. The SMILES string of the molecule is NCCC(O)c1coc(OCC2CCCCC2)c1. The van der Waals surface area contributed by atoms with E-state index in [0.717, 1.165) is 12.2 Å². The molecule has 18 heavy (non-hydrogen) atoms. The third-order valence-electron chi connectivity index (χ3n) is 3.61. The van der Waals surface area contributed by atoms with Gasteiger partial charge in [-0.15, -0.1) is 0 Å². The summed E-state index contributed by atoms with van der Waals surface area (Å²) in [5.41, 5.74) is 6.16. The van der Waals surface area contributed by atoms with E-state index in [2.05, 4.69) is 0 Å². The molecular weight excluding hydrogens is 230 g/mol. The molecule has 1 heterocycles. The first-order valence-corrected chi connectivity index (χ1v) is 6.89. The van der Waals surface area contributed by atoms with Gasteiger partial charge < -0.3 is 20.0 Å². The van der Waals surface area contributed by atoms with Crippen LogP contribution in [-0.4, -0.2) is 18.3 Å². The lowest BCUT2D eigenvalue weighted by Gasteiger charge is -2.20. The first-order chi connectivity index (χ1) is 8.79. The van der Waals surface area contributed by atoms with Crippen molar-refractivity contribution >= 4 is 0 Å². The maximum atomic E-state index is 9.76. The minimum atomic E-state index is -0.550. The van der Waals surface area contributed by atoms with E-state index >= 15 is 0 Å². The van der Waals surface area contributed by atoms with Crippen molar-refractivity contribution in [2.24, 2.45) is 11.7 Å². The van der Waals surface area contributed by atoms with E-state index in [0.29, 0.717) is 24.8 Å². The third kappa shape index (κ3) is 3.75. The number of hydrogen-bond acceptors (Lipinski definition) is 4. The summed E-state index contributed by atoms with van der Waals surface area (Å²) in [6.07, 6.45) is 8.03. The minimum absolute atomic E-state index is 0.463. The zero-order valence-electron chi connectivity index (χ0n) is 10.8. The molecule has 4 heteroatoms. The molecule has 3 N–H and O–H groups in total. The number of aliphatic hydroxyl groups is 1. The Kier molecular flexibility index (Phi) is 5.08. The molecule has 0 radical (unpaired) electrons. The average molecular weight is 253 g/mol. The molecule has 1 atom stereocenters. The van der Waals surface area contributed by atoms with Crippen LogP contribution in [0.4, 0.5) is 0 Å². The smallest absolute Gasteiger partial charge is 0.284 e. The molecular formula is C14H23NO3. The van der Waals surface area contributed by atoms with Gasteiger partial charge in [0.25, 0.3) is 5.95 Å². The van der Waals surface area contributed by atoms with Crippen LogP contribution in [0.15, 0.2) is 16.7 Å². The molecule has 1 aromatic rings. The Labute approximate surface area is 108 Å². The van der Waals surface area contributed by atoms with Gasteiger partial charge in [0.1, 0.15) is 6.26 Å². The van der Waals surface area contributed by atoms with Crippen LogP contribution in [0.1, 0.15) is 50.2 Å². The van der Waals surface area contributed by atoms with Gasteiger partial charge in [0.15, 0.2) is 0 Å². The summed E-state index contributed by atoms with van der Waals surface area (Å²) in [5, 5.41) is 9.76. The van der Waals surface area contributed by atoms with Crippen molar-refractivity contribution in [3.05, 3.63) is 17.9 Å². The summed E-state index contributed by atoms with van der Waals surface area (Å²) in [7, 11) is 0. The van der Waals surface area contributed by atoms with Gasteiger partial charge in [-0.25, -0.2) is 0 Å². The molecule has 0 aromatic carbocycles. The first kappa shape index (κ1) is 13.4. The van der Waals surface area contributed by atoms with Crippen LogP contribution in [0.2, 0.25) is 0 Å². The fraction of sp³-hybridized carbons (Fsp3) is 0.714. The third-order valence-corrected chi connectivity index (χ3v) is 3.61. The Hall–Kier alpha value is -1.00. The van der Waals surface area contributed by atoms with Crippen LogP contribution in [-0.2, 0) is 0 Å². The quantitative estimate of drug-likeness (QED) is 0.817. The number of nitrogens with two attached hydrogens (primary N) is 1. The second-order valence-corrected chi connectivity index (χ2v) is 5.11. The van der Waals surface area contributed by atoms with Crippen molar-refractivity contribution in [2.45, 2.75) is 44.6 Å². The molecule has 1 unspecified atom stereocenters. The molecule has 0 aliphatic heterocycles. The van der Waals surface area contributed by atoms with Crippen LogP contribution >= 0.6 is 0 Å². The average Bonchev–Trinajstić information content (AvgIpc) is 2.87. The lowest BCUT2D eigenvalue weighted by Crippen LogP contribution is -2.15. The van der Waals surface area contributed by atoms with Crippen LogP contribution in [0.5, 0.6) is 5.95 Å². The molecule has 2 rings (SSSR count). The summed E-state index contributed by atoms with van der Waals surface area (Å²) in [5.74, 6) is 1.16. The van der Waals surface area contributed by atoms with Crippen molar-refractivity contribution in [3.63, 3.8) is 0 Å². The summed E-state index contributed by atoms with van der Waals surface area (Å²) < 4.78 is 10.9. The maximum absolute atomic E-state index is 9.76. The van der Waals surface area contributed by atoms with E-state index in [9.17, 15) is 5.11 Å². The molecule has 1 aliphatic rings. The molecule has 0 bridgehead atoms. The monoisotopic (exact) mass is 253 g/mol. The Balaban J connectivity index is 1.79. The zero-order valence-corrected chi connectivity index (χ0v) is 10.8. The Bertz CT molecular complexity index is 345. The van der Waals surface area contributed by atoms with E-state index in [-0.39, 0.29) is 0 Å². The molecule has 0 saturated heterocycles. The minimum Gasteiger partial charge on any atom is -0.465 e.